The third kappa shape index (κ3) is 7.07. The summed E-state index contributed by atoms with van der Waals surface area (Å²) in [6.07, 6.45) is 2.81. The van der Waals surface area contributed by atoms with Gasteiger partial charge in [-0.1, -0.05) is 35.9 Å². The molecule has 2 heterocycles. The molecule has 0 aliphatic carbocycles. The van der Waals surface area contributed by atoms with Gasteiger partial charge in [-0.2, -0.15) is 5.10 Å². The van der Waals surface area contributed by atoms with Crippen molar-refractivity contribution in [1.29, 1.82) is 0 Å². The van der Waals surface area contributed by atoms with E-state index in [0.29, 0.717) is 31.9 Å². The lowest BCUT2D eigenvalue weighted by Crippen LogP contribution is -2.33. The summed E-state index contributed by atoms with van der Waals surface area (Å²) in [7, 11) is 1.72. The highest BCUT2D eigenvalue weighted by Gasteiger charge is 2.32. The first-order valence-electron chi connectivity index (χ1n) is 11.6. The summed E-state index contributed by atoms with van der Waals surface area (Å²) >= 11 is 0. The van der Waals surface area contributed by atoms with E-state index in [0.717, 1.165) is 17.1 Å². The highest BCUT2D eigenvalue weighted by molar-refractivity contribution is 5.94. The van der Waals surface area contributed by atoms with Gasteiger partial charge >= 0.3 is 0 Å². The number of carbonyl (C=O) groups is 2. The van der Waals surface area contributed by atoms with Crippen LogP contribution in [-0.4, -0.2) is 65.5 Å². The van der Waals surface area contributed by atoms with Crippen LogP contribution in [0.5, 0.6) is 11.5 Å². The van der Waals surface area contributed by atoms with Gasteiger partial charge in [0, 0.05) is 19.7 Å². The molecule has 1 N–H and O–H groups in total. The SMILES string of the molecule is Cc1ccc(OCCN(C)C(=O)Cn2cc(NC(=O)C3CC(Oc4ccccc4)CO3)cn2)cc1. The Morgan fingerprint density at radius 3 is 2.69 bits per heavy atom. The molecule has 1 aliphatic rings. The van der Waals surface area contributed by atoms with E-state index in [1.165, 1.54) is 10.9 Å². The normalized spacial score (nSPS) is 17.1. The fourth-order valence-electron chi connectivity index (χ4n) is 3.61. The van der Waals surface area contributed by atoms with E-state index in [1.54, 1.807) is 18.1 Å². The van der Waals surface area contributed by atoms with Gasteiger partial charge in [-0.05, 0) is 31.2 Å². The van der Waals surface area contributed by atoms with E-state index in [9.17, 15) is 9.59 Å². The number of carbonyl (C=O) groups excluding carboxylic acids is 2. The number of hydrogen-bond donors (Lipinski definition) is 1. The number of nitrogens with one attached hydrogen (secondary N) is 1. The van der Waals surface area contributed by atoms with Crippen molar-refractivity contribution in [3.05, 3.63) is 72.6 Å². The van der Waals surface area contributed by atoms with Gasteiger partial charge in [-0.3, -0.25) is 14.3 Å². The number of amides is 2. The first-order chi connectivity index (χ1) is 17.0. The molecule has 2 unspecified atom stereocenters. The molecule has 9 heteroatoms. The Hall–Kier alpha value is -3.85. The van der Waals surface area contributed by atoms with Crippen molar-refractivity contribution >= 4 is 17.5 Å². The second-order valence-electron chi connectivity index (χ2n) is 8.50. The van der Waals surface area contributed by atoms with Crippen LogP contribution in [0.15, 0.2) is 67.0 Å². The van der Waals surface area contributed by atoms with Crippen molar-refractivity contribution in [2.75, 3.05) is 32.1 Å². The van der Waals surface area contributed by atoms with Crippen molar-refractivity contribution in [3.63, 3.8) is 0 Å². The fourth-order valence-corrected chi connectivity index (χ4v) is 3.61. The standard InChI is InChI=1S/C26H30N4O5/c1-19-8-10-21(11-9-19)33-13-12-29(2)25(31)17-30-16-20(15-27-30)28-26(32)24-14-23(18-34-24)35-22-6-4-3-5-7-22/h3-11,15-16,23-24H,12-14,17-18H2,1-2H3,(H,28,32). The van der Waals surface area contributed by atoms with Crippen molar-refractivity contribution in [2.24, 2.45) is 0 Å². The number of aromatic nitrogens is 2. The van der Waals surface area contributed by atoms with Crippen molar-refractivity contribution < 1.29 is 23.8 Å². The lowest BCUT2D eigenvalue weighted by Gasteiger charge is -2.17. The summed E-state index contributed by atoms with van der Waals surface area (Å²) in [5.74, 6) is 1.15. The Morgan fingerprint density at radius 2 is 1.91 bits per heavy atom. The van der Waals surface area contributed by atoms with E-state index >= 15 is 0 Å². The molecular weight excluding hydrogens is 448 g/mol. The van der Waals surface area contributed by atoms with Gasteiger partial charge in [0.05, 0.1) is 25.0 Å². The van der Waals surface area contributed by atoms with Gasteiger partial charge < -0.3 is 24.4 Å². The van der Waals surface area contributed by atoms with Gasteiger partial charge in [0.15, 0.2) is 0 Å². The highest BCUT2D eigenvalue weighted by atomic mass is 16.6. The van der Waals surface area contributed by atoms with Crippen molar-refractivity contribution in [2.45, 2.75) is 32.1 Å². The maximum Gasteiger partial charge on any atom is 0.253 e. The number of benzene rings is 2. The van der Waals surface area contributed by atoms with E-state index in [-0.39, 0.29) is 24.5 Å². The molecule has 1 aromatic heterocycles. The number of para-hydroxylation sites is 1. The third-order valence-corrected chi connectivity index (χ3v) is 5.64. The van der Waals surface area contributed by atoms with Crippen LogP contribution < -0.4 is 14.8 Å². The molecule has 0 spiro atoms. The molecule has 35 heavy (non-hydrogen) atoms. The summed E-state index contributed by atoms with van der Waals surface area (Å²) in [5.41, 5.74) is 1.67. The monoisotopic (exact) mass is 478 g/mol. The molecule has 9 nitrogen and oxygen atoms in total. The quantitative estimate of drug-likeness (QED) is 0.482. The van der Waals surface area contributed by atoms with Gasteiger partial charge in [0.25, 0.3) is 5.91 Å². The Bertz CT molecular complexity index is 1120. The number of likely N-dealkylation sites (N-methyl/N-ethyl adjacent to an activating group) is 1. The number of aryl methyl sites for hydroxylation is 1. The summed E-state index contributed by atoms with van der Waals surface area (Å²) < 4.78 is 18.7. The minimum atomic E-state index is -0.603. The van der Waals surface area contributed by atoms with E-state index in [2.05, 4.69) is 10.4 Å². The summed E-state index contributed by atoms with van der Waals surface area (Å²) in [6, 6.07) is 17.2. The Labute approximate surface area is 204 Å². The zero-order valence-electron chi connectivity index (χ0n) is 19.9. The van der Waals surface area contributed by atoms with Gasteiger partial charge in [-0.15, -0.1) is 0 Å². The molecular formula is C26H30N4O5. The number of hydrogen-bond acceptors (Lipinski definition) is 6. The van der Waals surface area contributed by atoms with Gasteiger partial charge in [0.2, 0.25) is 5.91 Å². The summed E-state index contributed by atoms with van der Waals surface area (Å²) in [5, 5.41) is 6.98. The Balaban J connectivity index is 1.19. The first-order valence-corrected chi connectivity index (χ1v) is 11.6. The second-order valence-corrected chi connectivity index (χ2v) is 8.50. The van der Waals surface area contributed by atoms with E-state index < -0.39 is 6.10 Å². The Morgan fingerprint density at radius 1 is 1.14 bits per heavy atom. The molecule has 2 aromatic carbocycles. The van der Waals surface area contributed by atoms with Crippen LogP contribution in [0.1, 0.15) is 12.0 Å². The zero-order chi connectivity index (χ0) is 24.6. The van der Waals surface area contributed by atoms with Crippen LogP contribution in [0.2, 0.25) is 0 Å². The number of nitrogens with zero attached hydrogens (tertiary/aromatic N) is 3. The first kappa shape index (κ1) is 24.3. The molecule has 0 radical (unpaired) electrons. The van der Waals surface area contributed by atoms with E-state index in [4.69, 9.17) is 14.2 Å². The fraction of sp³-hybridized carbons (Fsp3) is 0.346. The van der Waals surface area contributed by atoms with Gasteiger partial charge in [-0.25, -0.2) is 0 Å². The van der Waals surface area contributed by atoms with Crippen molar-refractivity contribution in [3.8, 4) is 11.5 Å². The Kier molecular flexibility index (Phi) is 7.99. The predicted molar refractivity (Wildman–Crippen MR) is 130 cm³/mol. The smallest absolute Gasteiger partial charge is 0.253 e. The minimum Gasteiger partial charge on any atom is -0.492 e. The molecule has 1 aliphatic heterocycles. The molecule has 3 aromatic rings. The highest BCUT2D eigenvalue weighted by Crippen LogP contribution is 2.21. The molecule has 184 valence electrons. The van der Waals surface area contributed by atoms with Crippen molar-refractivity contribution in [1.82, 2.24) is 14.7 Å². The largest absolute Gasteiger partial charge is 0.492 e. The lowest BCUT2D eigenvalue weighted by atomic mass is 10.2. The second kappa shape index (κ2) is 11.5. The molecule has 0 saturated carbocycles. The predicted octanol–water partition coefficient (Wildman–Crippen LogP) is 2.90. The summed E-state index contributed by atoms with van der Waals surface area (Å²) in [4.78, 5) is 26.7. The zero-order valence-corrected chi connectivity index (χ0v) is 19.9. The van der Waals surface area contributed by atoms with Crippen LogP contribution in [0, 0.1) is 6.92 Å². The topological polar surface area (TPSA) is 94.9 Å². The number of ether oxygens (including phenoxy) is 3. The molecule has 4 rings (SSSR count). The van der Waals surface area contributed by atoms with Crippen LogP contribution in [-0.2, 0) is 20.9 Å². The number of rotatable bonds is 10. The van der Waals surface area contributed by atoms with Crippen LogP contribution in [0.25, 0.3) is 0 Å². The average Bonchev–Trinajstić information content (AvgIpc) is 3.50. The average molecular weight is 479 g/mol. The molecule has 2 atom stereocenters. The third-order valence-electron chi connectivity index (χ3n) is 5.64. The lowest BCUT2D eigenvalue weighted by molar-refractivity contribution is -0.131. The molecule has 1 saturated heterocycles. The van der Waals surface area contributed by atoms with Crippen LogP contribution in [0.4, 0.5) is 5.69 Å². The van der Waals surface area contributed by atoms with Gasteiger partial charge in [0.1, 0.15) is 36.9 Å². The van der Waals surface area contributed by atoms with E-state index in [1.807, 2.05) is 61.5 Å². The van der Waals surface area contributed by atoms with Crippen LogP contribution >= 0.6 is 0 Å². The maximum atomic E-state index is 12.6. The maximum absolute atomic E-state index is 12.6. The summed E-state index contributed by atoms with van der Waals surface area (Å²) in [6.45, 7) is 3.26. The minimum absolute atomic E-state index is 0.0593. The molecule has 1 fully saturated rings. The number of anilines is 1. The van der Waals surface area contributed by atoms with Crippen LogP contribution in [0.3, 0.4) is 0 Å². The molecule has 2 amide bonds. The molecule has 0 bridgehead atoms.